The number of benzene rings is 1. The average molecular weight is 397 g/mol. The van der Waals surface area contributed by atoms with Crippen molar-refractivity contribution in [3.8, 4) is 5.75 Å². The van der Waals surface area contributed by atoms with Gasteiger partial charge in [-0.1, -0.05) is 19.1 Å². The SMILES string of the molecule is CCc1cc2c(N3CCN(C(=O)c4ccccc4OC)CC3)nc(C)nc2s1. The number of rotatable bonds is 4. The van der Waals surface area contributed by atoms with Crippen molar-refractivity contribution in [3.05, 3.63) is 46.6 Å². The lowest BCUT2D eigenvalue weighted by Crippen LogP contribution is -2.49. The van der Waals surface area contributed by atoms with Gasteiger partial charge in [-0.05, 0) is 31.5 Å². The van der Waals surface area contributed by atoms with E-state index >= 15 is 0 Å². The Morgan fingerprint density at radius 2 is 1.93 bits per heavy atom. The predicted octanol–water partition coefficient (Wildman–Crippen LogP) is 3.53. The molecule has 6 nitrogen and oxygen atoms in total. The van der Waals surface area contributed by atoms with E-state index < -0.39 is 0 Å². The van der Waals surface area contributed by atoms with Crippen LogP contribution in [-0.4, -0.2) is 54.1 Å². The van der Waals surface area contributed by atoms with Crippen molar-refractivity contribution in [2.45, 2.75) is 20.3 Å². The summed E-state index contributed by atoms with van der Waals surface area (Å²) in [5.41, 5.74) is 0.615. The quantitative estimate of drug-likeness (QED) is 0.675. The highest BCUT2D eigenvalue weighted by Crippen LogP contribution is 2.32. The number of fused-ring (bicyclic) bond motifs is 1. The number of piperazine rings is 1. The zero-order chi connectivity index (χ0) is 19.7. The Bertz CT molecular complexity index is 1010. The van der Waals surface area contributed by atoms with Crippen LogP contribution in [0.4, 0.5) is 5.82 Å². The van der Waals surface area contributed by atoms with Crippen molar-refractivity contribution in [3.63, 3.8) is 0 Å². The van der Waals surface area contributed by atoms with Crippen LogP contribution in [0.5, 0.6) is 5.75 Å². The van der Waals surface area contributed by atoms with E-state index in [-0.39, 0.29) is 5.91 Å². The second-order valence-electron chi connectivity index (χ2n) is 6.86. The van der Waals surface area contributed by atoms with Gasteiger partial charge in [0.15, 0.2) is 0 Å². The summed E-state index contributed by atoms with van der Waals surface area (Å²) in [6, 6.07) is 9.60. The van der Waals surface area contributed by atoms with E-state index in [0.717, 1.165) is 41.4 Å². The summed E-state index contributed by atoms with van der Waals surface area (Å²) in [4.78, 5) is 28.8. The van der Waals surface area contributed by atoms with Crippen molar-refractivity contribution < 1.29 is 9.53 Å². The first-order valence-corrected chi connectivity index (χ1v) is 10.4. The fraction of sp³-hybridized carbons (Fsp3) is 0.381. The third-order valence-electron chi connectivity index (χ3n) is 5.09. The Kier molecular flexibility index (Phi) is 5.17. The first kappa shape index (κ1) is 18.7. The largest absolute Gasteiger partial charge is 0.496 e. The molecule has 7 heteroatoms. The van der Waals surface area contributed by atoms with Crippen LogP contribution in [0.3, 0.4) is 0 Å². The maximum absolute atomic E-state index is 12.9. The summed E-state index contributed by atoms with van der Waals surface area (Å²) in [7, 11) is 1.60. The monoisotopic (exact) mass is 396 g/mol. The predicted molar refractivity (Wildman–Crippen MR) is 113 cm³/mol. The van der Waals surface area contributed by atoms with Gasteiger partial charge in [-0.15, -0.1) is 11.3 Å². The molecule has 146 valence electrons. The molecule has 0 atom stereocenters. The van der Waals surface area contributed by atoms with Gasteiger partial charge in [0.2, 0.25) is 0 Å². The van der Waals surface area contributed by atoms with Crippen LogP contribution < -0.4 is 9.64 Å². The number of methoxy groups -OCH3 is 1. The minimum absolute atomic E-state index is 0.0184. The normalized spacial score (nSPS) is 14.5. The summed E-state index contributed by atoms with van der Waals surface area (Å²) in [5.74, 6) is 2.42. The molecule has 1 aromatic carbocycles. The highest BCUT2D eigenvalue weighted by Gasteiger charge is 2.26. The highest BCUT2D eigenvalue weighted by atomic mass is 32.1. The molecule has 1 aliphatic rings. The molecule has 0 unspecified atom stereocenters. The molecule has 3 heterocycles. The lowest BCUT2D eigenvalue weighted by atomic mass is 10.1. The maximum atomic E-state index is 12.9. The fourth-order valence-electron chi connectivity index (χ4n) is 3.59. The van der Waals surface area contributed by atoms with E-state index in [1.165, 1.54) is 4.88 Å². The minimum Gasteiger partial charge on any atom is -0.496 e. The van der Waals surface area contributed by atoms with Gasteiger partial charge < -0.3 is 14.5 Å². The molecule has 1 fully saturated rings. The van der Waals surface area contributed by atoms with Gasteiger partial charge in [0.1, 0.15) is 22.2 Å². The molecular formula is C21H24N4O2S. The molecule has 4 rings (SSSR count). The summed E-state index contributed by atoms with van der Waals surface area (Å²) < 4.78 is 5.35. The molecule has 0 radical (unpaired) electrons. The molecule has 0 spiro atoms. The number of para-hydroxylation sites is 1. The van der Waals surface area contributed by atoms with Gasteiger partial charge in [0, 0.05) is 31.1 Å². The number of nitrogens with zero attached hydrogens (tertiary/aromatic N) is 4. The van der Waals surface area contributed by atoms with Gasteiger partial charge in [-0.25, -0.2) is 9.97 Å². The second-order valence-corrected chi connectivity index (χ2v) is 7.97. The Balaban J connectivity index is 1.54. The molecule has 3 aromatic rings. The first-order chi connectivity index (χ1) is 13.6. The van der Waals surface area contributed by atoms with Gasteiger partial charge >= 0.3 is 0 Å². The third-order valence-corrected chi connectivity index (χ3v) is 6.26. The van der Waals surface area contributed by atoms with Gasteiger partial charge in [-0.2, -0.15) is 0 Å². The molecule has 2 aromatic heterocycles. The number of carbonyl (C=O) groups is 1. The van der Waals surface area contributed by atoms with Crippen molar-refractivity contribution in [2.24, 2.45) is 0 Å². The molecule has 0 aliphatic carbocycles. The number of thiophene rings is 1. The van der Waals surface area contributed by atoms with E-state index in [0.29, 0.717) is 24.4 Å². The number of anilines is 1. The van der Waals surface area contributed by atoms with Gasteiger partial charge in [0.25, 0.3) is 5.91 Å². The lowest BCUT2D eigenvalue weighted by Gasteiger charge is -2.36. The minimum atomic E-state index is 0.0184. The maximum Gasteiger partial charge on any atom is 0.257 e. The Labute approximate surface area is 168 Å². The van der Waals surface area contributed by atoms with E-state index in [9.17, 15) is 4.79 Å². The van der Waals surface area contributed by atoms with Crippen molar-refractivity contribution in [2.75, 3.05) is 38.2 Å². The molecule has 1 aliphatic heterocycles. The summed E-state index contributed by atoms with van der Waals surface area (Å²) >= 11 is 1.74. The third kappa shape index (κ3) is 3.42. The van der Waals surface area contributed by atoms with E-state index in [2.05, 4.69) is 22.9 Å². The molecule has 0 N–H and O–H groups in total. The number of amides is 1. The standard InChI is InChI=1S/C21H24N4O2S/c1-4-15-13-17-19(22-14(2)23-20(17)28-15)24-9-11-25(12-10-24)21(26)16-7-5-6-8-18(16)27-3/h5-8,13H,4,9-12H2,1-3H3. The van der Waals surface area contributed by atoms with Crippen molar-refractivity contribution in [1.82, 2.24) is 14.9 Å². The van der Waals surface area contributed by atoms with Crippen LogP contribution in [0.1, 0.15) is 28.0 Å². The second kappa shape index (κ2) is 7.75. The summed E-state index contributed by atoms with van der Waals surface area (Å²) in [5, 5.41) is 1.12. The van der Waals surface area contributed by atoms with Crippen LogP contribution in [0.25, 0.3) is 10.2 Å². The van der Waals surface area contributed by atoms with Crippen LogP contribution in [0, 0.1) is 6.92 Å². The van der Waals surface area contributed by atoms with Crippen LogP contribution in [0.15, 0.2) is 30.3 Å². The highest BCUT2D eigenvalue weighted by molar-refractivity contribution is 7.18. The number of aryl methyl sites for hydroxylation is 2. The zero-order valence-electron chi connectivity index (χ0n) is 16.4. The molecule has 1 amide bonds. The molecule has 1 saturated heterocycles. The van der Waals surface area contributed by atoms with Crippen molar-refractivity contribution >= 4 is 33.3 Å². The van der Waals surface area contributed by atoms with Crippen LogP contribution in [0.2, 0.25) is 0 Å². The fourth-order valence-corrected chi connectivity index (χ4v) is 4.60. The smallest absolute Gasteiger partial charge is 0.257 e. The first-order valence-electron chi connectivity index (χ1n) is 9.55. The zero-order valence-corrected chi connectivity index (χ0v) is 17.3. The average Bonchev–Trinajstić information content (AvgIpc) is 3.15. The molecular weight excluding hydrogens is 372 g/mol. The summed E-state index contributed by atoms with van der Waals surface area (Å²) in [6.07, 6.45) is 1.00. The Morgan fingerprint density at radius 3 is 2.64 bits per heavy atom. The molecule has 28 heavy (non-hydrogen) atoms. The number of aromatic nitrogens is 2. The topological polar surface area (TPSA) is 58.6 Å². The summed E-state index contributed by atoms with van der Waals surface area (Å²) in [6.45, 7) is 6.93. The van der Waals surface area contributed by atoms with Gasteiger partial charge in [0.05, 0.1) is 18.1 Å². The van der Waals surface area contributed by atoms with Gasteiger partial charge in [-0.3, -0.25) is 4.79 Å². The number of ether oxygens (including phenoxy) is 1. The Morgan fingerprint density at radius 1 is 1.18 bits per heavy atom. The number of hydrogen-bond donors (Lipinski definition) is 0. The molecule has 0 bridgehead atoms. The molecule has 0 saturated carbocycles. The number of carbonyl (C=O) groups excluding carboxylic acids is 1. The number of hydrogen-bond acceptors (Lipinski definition) is 6. The van der Waals surface area contributed by atoms with E-state index in [4.69, 9.17) is 9.72 Å². The van der Waals surface area contributed by atoms with Crippen molar-refractivity contribution in [1.29, 1.82) is 0 Å². The lowest BCUT2D eigenvalue weighted by molar-refractivity contribution is 0.0743. The van der Waals surface area contributed by atoms with Crippen LogP contribution >= 0.6 is 11.3 Å². The van der Waals surface area contributed by atoms with Crippen LogP contribution in [-0.2, 0) is 6.42 Å². The Hall–Kier alpha value is -2.67. The van der Waals surface area contributed by atoms with E-state index in [1.807, 2.05) is 36.1 Å². The van der Waals surface area contributed by atoms with E-state index in [1.54, 1.807) is 18.4 Å².